The van der Waals surface area contributed by atoms with Gasteiger partial charge in [0.2, 0.25) is 0 Å². The van der Waals surface area contributed by atoms with Crippen LogP contribution in [0.5, 0.6) is 0 Å². The Kier molecular flexibility index (Phi) is 3.09. The van der Waals surface area contributed by atoms with Gasteiger partial charge >= 0.3 is 0 Å². The molecule has 2 rings (SSSR count). The fraction of sp³-hybridized carbons (Fsp3) is 0.538. The molecule has 1 heterocycles. The Bertz CT molecular complexity index is 408. The van der Waals surface area contributed by atoms with Crippen LogP contribution in [0.25, 0.3) is 0 Å². The second-order valence-electron chi connectivity index (χ2n) is 4.70. The number of rotatable bonds is 2. The van der Waals surface area contributed by atoms with Crippen molar-refractivity contribution in [2.75, 3.05) is 5.32 Å². The lowest BCUT2D eigenvalue weighted by molar-refractivity contribution is 0.435. The Hall–Kier alpha value is -1.56. The molecule has 1 aromatic rings. The summed E-state index contributed by atoms with van der Waals surface area (Å²) in [6.45, 7) is 4.57. The van der Waals surface area contributed by atoms with Crippen LogP contribution in [0.3, 0.4) is 0 Å². The van der Waals surface area contributed by atoms with Crippen LogP contribution in [0, 0.1) is 23.2 Å². The van der Waals surface area contributed by atoms with Crippen molar-refractivity contribution in [1.29, 1.82) is 5.26 Å². The highest BCUT2D eigenvalue weighted by atomic mass is 14.9. The average molecular weight is 215 g/mol. The van der Waals surface area contributed by atoms with Gasteiger partial charge in [0.15, 0.2) is 0 Å². The highest BCUT2D eigenvalue weighted by Crippen LogP contribution is 2.33. The third kappa shape index (κ3) is 2.01. The quantitative estimate of drug-likeness (QED) is 0.825. The minimum absolute atomic E-state index is 0.478. The summed E-state index contributed by atoms with van der Waals surface area (Å²) in [6, 6.07) is 4.43. The number of aromatic nitrogens is 1. The van der Waals surface area contributed by atoms with Crippen molar-refractivity contribution in [1.82, 2.24) is 4.98 Å². The van der Waals surface area contributed by atoms with Gasteiger partial charge in [0.25, 0.3) is 0 Å². The second-order valence-corrected chi connectivity index (χ2v) is 4.70. The van der Waals surface area contributed by atoms with Crippen LogP contribution in [-0.2, 0) is 0 Å². The fourth-order valence-electron chi connectivity index (χ4n) is 2.38. The maximum Gasteiger partial charge on any atom is 0.101 e. The number of nitrogens with one attached hydrogen (secondary N) is 1. The molecule has 84 valence electrons. The Balaban J connectivity index is 2.13. The molecular formula is C13H17N3. The number of nitrogens with zero attached hydrogens (tertiary/aromatic N) is 2. The van der Waals surface area contributed by atoms with Gasteiger partial charge in [-0.25, -0.2) is 0 Å². The molecule has 0 saturated heterocycles. The average Bonchev–Trinajstić information content (AvgIpc) is 2.62. The van der Waals surface area contributed by atoms with Gasteiger partial charge in [-0.05, 0) is 30.7 Å². The zero-order valence-corrected chi connectivity index (χ0v) is 9.77. The third-order valence-corrected chi connectivity index (χ3v) is 3.75. The van der Waals surface area contributed by atoms with Gasteiger partial charge in [-0.1, -0.05) is 13.8 Å². The van der Waals surface area contributed by atoms with Crippen LogP contribution in [0.1, 0.15) is 32.3 Å². The summed E-state index contributed by atoms with van der Waals surface area (Å²) in [7, 11) is 0. The highest BCUT2D eigenvalue weighted by Gasteiger charge is 2.29. The van der Waals surface area contributed by atoms with Crippen molar-refractivity contribution in [2.45, 2.75) is 32.7 Å². The molecular weight excluding hydrogens is 198 g/mol. The van der Waals surface area contributed by atoms with E-state index in [1.54, 1.807) is 18.5 Å². The first-order chi connectivity index (χ1) is 7.72. The summed E-state index contributed by atoms with van der Waals surface area (Å²) in [4.78, 5) is 4.07. The summed E-state index contributed by atoms with van der Waals surface area (Å²) in [5.41, 5.74) is 1.55. The Morgan fingerprint density at radius 1 is 1.44 bits per heavy atom. The van der Waals surface area contributed by atoms with Gasteiger partial charge in [0.05, 0.1) is 17.4 Å². The molecule has 3 unspecified atom stereocenters. The SMILES string of the molecule is CC1CCC(Nc2cnccc2C#N)C1C. The lowest BCUT2D eigenvalue weighted by atomic mass is 9.97. The van der Waals surface area contributed by atoms with Crippen molar-refractivity contribution in [2.24, 2.45) is 11.8 Å². The number of hydrogen-bond acceptors (Lipinski definition) is 3. The van der Waals surface area contributed by atoms with Crippen LogP contribution in [0.2, 0.25) is 0 Å². The van der Waals surface area contributed by atoms with E-state index in [9.17, 15) is 0 Å². The normalized spacial score (nSPS) is 28.7. The number of nitriles is 1. The molecule has 1 aliphatic carbocycles. The van der Waals surface area contributed by atoms with E-state index in [4.69, 9.17) is 5.26 Å². The van der Waals surface area contributed by atoms with E-state index in [2.05, 4.69) is 30.2 Å². The molecule has 0 bridgehead atoms. The van der Waals surface area contributed by atoms with Gasteiger partial charge in [-0.3, -0.25) is 4.98 Å². The predicted octanol–water partition coefficient (Wildman–Crippen LogP) is 2.80. The number of pyridine rings is 1. The van der Waals surface area contributed by atoms with Gasteiger partial charge in [0.1, 0.15) is 6.07 Å². The minimum atomic E-state index is 0.478. The van der Waals surface area contributed by atoms with E-state index >= 15 is 0 Å². The summed E-state index contributed by atoms with van der Waals surface area (Å²) in [5.74, 6) is 1.42. The molecule has 0 spiro atoms. The highest BCUT2D eigenvalue weighted by molar-refractivity contribution is 5.56. The Morgan fingerprint density at radius 2 is 2.25 bits per heavy atom. The first kappa shape index (κ1) is 10.9. The smallest absolute Gasteiger partial charge is 0.101 e. The fourth-order valence-corrected chi connectivity index (χ4v) is 2.38. The summed E-state index contributed by atoms with van der Waals surface area (Å²) in [5, 5.41) is 12.4. The Morgan fingerprint density at radius 3 is 2.88 bits per heavy atom. The molecule has 3 heteroatoms. The van der Waals surface area contributed by atoms with E-state index in [1.165, 1.54) is 12.8 Å². The zero-order chi connectivity index (χ0) is 11.5. The summed E-state index contributed by atoms with van der Waals surface area (Å²) < 4.78 is 0. The van der Waals surface area contributed by atoms with Crippen molar-refractivity contribution in [3.63, 3.8) is 0 Å². The third-order valence-electron chi connectivity index (χ3n) is 3.75. The summed E-state index contributed by atoms with van der Waals surface area (Å²) >= 11 is 0. The summed E-state index contributed by atoms with van der Waals surface area (Å²) in [6.07, 6.45) is 5.85. The molecule has 1 aromatic heterocycles. The topological polar surface area (TPSA) is 48.7 Å². The minimum Gasteiger partial charge on any atom is -0.380 e. The van der Waals surface area contributed by atoms with Crippen molar-refractivity contribution in [3.05, 3.63) is 24.0 Å². The lowest BCUT2D eigenvalue weighted by Gasteiger charge is -2.21. The molecule has 0 amide bonds. The molecule has 1 aliphatic rings. The molecule has 3 nitrogen and oxygen atoms in total. The maximum atomic E-state index is 8.99. The van der Waals surface area contributed by atoms with Gasteiger partial charge in [-0.2, -0.15) is 5.26 Å². The van der Waals surface area contributed by atoms with Crippen LogP contribution in [-0.4, -0.2) is 11.0 Å². The van der Waals surface area contributed by atoms with Crippen molar-refractivity contribution >= 4 is 5.69 Å². The second kappa shape index (κ2) is 4.52. The molecule has 1 N–H and O–H groups in total. The monoisotopic (exact) mass is 215 g/mol. The standard InChI is InChI=1S/C13H17N3/c1-9-3-4-12(10(9)2)16-13-8-15-6-5-11(13)7-14/h5-6,8-10,12,16H,3-4H2,1-2H3. The maximum absolute atomic E-state index is 8.99. The Labute approximate surface area is 96.5 Å². The van der Waals surface area contributed by atoms with Gasteiger partial charge in [0, 0.05) is 12.2 Å². The van der Waals surface area contributed by atoms with Crippen LogP contribution in [0.4, 0.5) is 5.69 Å². The van der Waals surface area contributed by atoms with E-state index < -0.39 is 0 Å². The first-order valence-corrected chi connectivity index (χ1v) is 5.83. The zero-order valence-electron chi connectivity index (χ0n) is 9.77. The van der Waals surface area contributed by atoms with Crippen LogP contribution >= 0.6 is 0 Å². The van der Waals surface area contributed by atoms with Gasteiger partial charge in [-0.15, -0.1) is 0 Å². The molecule has 0 aromatic carbocycles. The predicted molar refractivity (Wildman–Crippen MR) is 63.9 cm³/mol. The molecule has 16 heavy (non-hydrogen) atoms. The largest absolute Gasteiger partial charge is 0.380 e. The molecule has 3 atom stereocenters. The molecule has 1 saturated carbocycles. The van der Waals surface area contributed by atoms with E-state index in [0.29, 0.717) is 17.5 Å². The van der Waals surface area contributed by atoms with Crippen molar-refractivity contribution < 1.29 is 0 Å². The molecule has 0 aliphatic heterocycles. The lowest BCUT2D eigenvalue weighted by Crippen LogP contribution is -2.24. The van der Waals surface area contributed by atoms with Crippen LogP contribution < -0.4 is 5.32 Å². The number of hydrogen-bond donors (Lipinski definition) is 1. The van der Waals surface area contributed by atoms with E-state index in [0.717, 1.165) is 11.6 Å². The number of anilines is 1. The van der Waals surface area contributed by atoms with Gasteiger partial charge < -0.3 is 5.32 Å². The van der Waals surface area contributed by atoms with E-state index in [1.807, 2.05) is 0 Å². The molecule has 1 fully saturated rings. The van der Waals surface area contributed by atoms with Crippen molar-refractivity contribution in [3.8, 4) is 6.07 Å². The van der Waals surface area contributed by atoms with Crippen LogP contribution in [0.15, 0.2) is 18.5 Å². The van der Waals surface area contributed by atoms with E-state index in [-0.39, 0.29) is 0 Å². The molecule has 0 radical (unpaired) electrons. The first-order valence-electron chi connectivity index (χ1n) is 5.83.